The van der Waals surface area contributed by atoms with Gasteiger partial charge in [0.2, 0.25) is 0 Å². The number of likely N-dealkylation sites (tertiary alicyclic amines) is 1. The normalized spacial score (nSPS) is 25.6. The van der Waals surface area contributed by atoms with E-state index < -0.39 is 0 Å². The van der Waals surface area contributed by atoms with Crippen LogP contribution in [0.1, 0.15) is 47.0 Å². The van der Waals surface area contributed by atoms with Crippen LogP contribution in [0.5, 0.6) is 0 Å². The molecule has 0 N–H and O–H groups in total. The summed E-state index contributed by atoms with van der Waals surface area (Å²) in [6, 6.07) is 1.33. The van der Waals surface area contributed by atoms with Crippen LogP contribution in [-0.2, 0) is 0 Å². The van der Waals surface area contributed by atoms with Crippen molar-refractivity contribution < 1.29 is 0 Å². The summed E-state index contributed by atoms with van der Waals surface area (Å²) in [4.78, 5) is 2.61. The van der Waals surface area contributed by atoms with Crippen LogP contribution in [0, 0.1) is 5.92 Å². The first-order valence-electron chi connectivity index (χ1n) is 6.02. The summed E-state index contributed by atoms with van der Waals surface area (Å²) in [5.74, 6) is 0.680. The molecule has 1 aliphatic heterocycles. The average Bonchev–Trinajstić information content (AvgIpc) is 2.63. The van der Waals surface area contributed by atoms with Crippen LogP contribution in [0.3, 0.4) is 0 Å². The van der Waals surface area contributed by atoms with E-state index in [0.29, 0.717) is 18.0 Å². The largest absolute Gasteiger partial charge is 0.294 e. The zero-order valence-corrected chi connectivity index (χ0v) is 10.2. The van der Waals surface area contributed by atoms with E-state index in [1.165, 1.54) is 31.4 Å². The molecule has 1 rings (SSSR count). The van der Waals surface area contributed by atoms with Gasteiger partial charge in [0.05, 0.1) is 0 Å². The van der Waals surface area contributed by atoms with Crippen molar-refractivity contribution in [2.75, 3.05) is 6.54 Å². The van der Waals surface area contributed by atoms with Gasteiger partial charge in [-0.25, -0.2) is 0 Å². The lowest BCUT2D eigenvalue weighted by Crippen LogP contribution is -2.37. The van der Waals surface area contributed by atoms with E-state index in [9.17, 15) is 0 Å². The second-order valence-corrected chi connectivity index (χ2v) is 4.87. The maximum Gasteiger partial charge on any atom is 0.0310 e. The monoisotopic (exact) mass is 195 g/mol. The molecular weight excluding hydrogens is 170 g/mol. The van der Waals surface area contributed by atoms with Gasteiger partial charge < -0.3 is 0 Å². The van der Waals surface area contributed by atoms with Crippen LogP contribution in [-0.4, -0.2) is 23.5 Å². The fraction of sp³-hybridized carbons (Fsp3) is 0.846. The maximum absolute atomic E-state index is 4.30. The first-order valence-corrected chi connectivity index (χ1v) is 6.02. The summed E-state index contributed by atoms with van der Waals surface area (Å²) in [6.07, 6.45) is 3.89. The zero-order valence-electron chi connectivity index (χ0n) is 10.2. The molecule has 0 amide bonds. The van der Waals surface area contributed by atoms with Gasteiger partial charge in [0.25, 0.3) is 0 Å². The summed E-state index contributed by atoms with van der Waals surface area (Å²) in [7, 11) is 0. The Hall–Kier alpha value is -0.300. The Morgan fingerprint density at radius 2 is 2.07 bits per heavy atom. The fourth-order valence-electron chi connectivity index (χ4n) is 2.40. The molecule has 0 aromatic heterocycles. The van der Waals surface area contributed by atoms with Crippen molar-refractivity contribution in [1.29, 1.82) is 0 Å². The molecule has 1 heteroatoms. The molecule has 1 fully saturated rings. The molecule has 14 heavy (non-hydrogen) atoms. The van der Waals surface area contributed by atoms with Gasteiger partial charge in [-0.05, 0) is 45.6 Å². The Morgan fingerprint density at radius 3 is 2.57 bits per heavy atom. The first-order chi connectivity index (χ1) is 6.57. The van der Waals surface area contributed by atoms with E-state index in [1.807, 2.05) is 0 Å². The van der Waals surface area contributed by atoms with Gasteiger partial charge in [-0.3, -0.25) is 4.90 Å². The molecule has 0 saturated carbocycles. The van der Waals surface area contributed by atoms with E-state index in [0.717, 1.165) is 0 Å². The highest BCUT2D eigenvalue weighted by Crippen LogP contribution is 2.29. The predicted molar refractivity (Wildman–Crippen MR) is 63.5 cm³/mol. The minimum Gasteiger partial charge on any atom is -0.294 e. The second kappa shape index (κ2) is 4.97. The van der Waals surface area contributed by atoms with Crippen LogP contribution in [0.15, 0.2) is 12.2 Å². The van der Waals surface area contributed by atoms with Crippen molar-refractivity contribution in [2.45, 2.75) is 59.0 Å². The molecule has 0 bridgehead atoms. The van der Waals surface area contributed by atoms with Gasteiger partial charge in [0.15, 0.2) is 0 Å². The highest BCUT2D eigenvalue weighted by molar-refractivity contribution is 5.11. The van der Waals surface area contributed by atoms with Crippen molar-refractivity contribution >= 4 is 0 Å². The van der Waals surface area contributed by atoms with Crippen LogP contribution in [0.25, 0.3) is 0 Å². The highest BCUT2D eigenvalue weighted by atomic mass is 15.2. The van der Waals surface area contributed by atoms with Gasteiger partial charge in [-0.1, -0.05) is 26.0 Å². The molecule has 0 aliphatic carbocycles. The lowest BCUT2D eigenvalue weighted by molar-refractivity contribution is 0.218. The Labute approximate surface area is 89.2 Å². The molecule has 1 aliphatic rings. The first kappa shape index (κ1) is 11.8. The minimum absolute atomic E-state index is 0.657. The maximum atomic E-state index is 4.30. The van der Waals surface area contributed by atoms with Crippen molar-refractivity contribution in [3.05, 3.63) is 12.2 Å². The fourth-order valence-corrected chi connectivity index (χ4v) is 2.40. The zero-order chi connectivity index (χ0) is 10.7. The lowest BCUT2D eigenvalue weighted by Gasteiger charge is -2.31. The number of hydrogen-bond acceptors (Lipinski definition) is 1. The molecule has 0 radical (unpaired) electrons. The third-order valence-electron chi connectivity index (χ3n) is 3.63. The Kier molecular flexibility index (Phi) is 4.18. The van der Waals surface area contributed by atoms with Crippen LogP contribution in [0.2, 0.25) is 0 Å². The molecule has 0 aromatic carbocycles. The summed E-state index contributed by atoms with van der Waals surface area (Å²) in [5, 5.41) is 0. The Bertz CT molecular complexity index is 195. The van der Waals surface area contributed by atoms with Crippen LogP contribution in [0.4, 0.5) is 0 Å². The van der Waals surface area contributed by atoms with E-state index >= 15 is 0 Å². The van der Waals surface area contributed by atoms with E-state index in [4.69, 9.17) is 0 Å². The molecule has 1 saturated heterocycles. The quantitative estimate of drug-likeness (QED) is 0.621. The smallest absolute Gasteiger partial charge is 0.0310 e. The third-order valence-corrected chi connectivity index (χ3v) is 3.63. The molecule has 1 nitrogen and oxygen atoms in total. The van der Waals surface area contributed by atoms with Gasteiger partial charge >= 0.3 is 0 Å². The lowest BCUT2D eigenvalue weighted by atomic mass is 9.92. The van der Waals surface area contributed by atoms with E-state index in [1.54, 1.807) is 0 Å². The summed E-state index contributed by atoms with van der Waals surface area (Å²) in [6.45, 7) is 14.7. The Morgan fingerprint density at radius 1 is 1.43 bits per heavy atom. The minimum atomic E-state index is 0.657. The van der Waals surface area contributed by atoms with E-state index in [2.05, 4.69) is 39.2 Å². The van der Waals surface area contributed by atoms with Crippen molar-refractivity contribution in [3.8, 4) is 0 Å². The van der Waals surface area contributed by atoms with Crippen molar-refractivity contribution in [1.82, 2.24) is 4.90 Å². The van der Waals surface area contributed by atoms with Crippen LogP contribution >= 0.6 is 0 Å². The van der Waals surface area contributed by atoms with Crippen molar-refractivity contribution in [2.24, 2.45) is 5.92 Å². The summed E-state index contributed by atoms with van der Waals surface area (Å²) in [5.41, 5.74) is 1.46. The molecular formula is C13H25N. The number of nitrogens with zero attached hydrogens (tertiary/aromatic N) is 1. The second-order valence-electron chi connectivity index (χ2n) is 4.87. The van der Waals surface area contributed by atoms with Gasteiger partial charge in [-0.15, -0.1) is 0 Å². The number of rotatable bonds is 4. The topological polar surface area (TPSA) is 3.24 Å². The molecule has 2 atom stereocenters. The van der Waals surface area contributed by atoms with Crippen LogP contribution < -0.4 is 0 Å². The summed E-state index contributed by atoms with van der Waals surface area (Å²) >= 11 is 0. The average molecular weight is 195 g/mol. The SMILES string of the molecule is C=C(C(C)CC)C1CCCN1C(C)C. The van der Waals surface area contributed by atoms with Gasteiger partial charge in [0.1, 0.15) is 0 Å². The van der Waals surface area contributed by atoms with Crippen molar-refractivity contribution in [3.63, 3.8) is 0 Å². The molecule has 0 spiro atoms. The molecule has 1 heterocycles. The standard InChI is InChI=1S/C13H25N/c1-6-11(4)12(5)13-8-7-9-14(13)10(2)3/h10-11,13H,5-9H2,1-4H3. The summed E-state index contributed by atoms with van der Waals surface area (Å²) < 4.78 is 0. The number of hydrogen-bond donors (Lipinski definition) is 0. The van der Waals surface area contributed by atoms with Gasteiger partial charge in [-0.2, -0.15) is 0 Å². The predicted octanol–water partition coefficient (Wildman–Crippen LogP) is 3.46. The third kappa shape index (κ3) is 2.38. The molecule has 0 aromatic rings. The van der Waals surface area contributed by atoms with E-state index in [-0.39, 0.29) is 0 Å². The Balaban J connectivity index is 2.62. The van der Waals surface area contributed by atoms with Gasteiger partial charge in [0, 0.05) is 12.1 Å². The molecule has 82 valence electrons. The molecule has 2 unspecified atom stereocenters. The highest BCUT2D eigenvalue weighted by Gasteiger charge is 2.29.